The van der Waals surface area contributed by atoms with E-state index in [4.69, 9.17) is 0 Å². The quantitative estimate of drug-likeness (QED) is 0.454. The number of rotatable bonds is 0. The van der Waals surface area contributed by atoms with Crippen LogP contribution < -0.4 is 0 Å². The molecule has 4 aliphatic rings. The number of hydrogen-bond donors (Lipinski definition) is 0. The molecule has 0 amide bonds. The standard InChI is InChI=1S/C21H34/c1-15-7-8-17-16-9-13-19(2)11-5-6-12-21(19,4)18(16)10-14-20(15,17)3/h16-18H,1,5-14H2,2-4H3. The fraction of sp³-hybridized carbons (Fsp3) is 0.905. The van der Waals surface area contributed by atoms with E-state index in [-0.39, 0.29) is 0 Å². The van der Waals surface area contributed by atoms with Gasteiger partial charge in [0, 0.05) is 0 Å². The molecule has 0 nitrogen and oxygen atoms in total. The van der Waals surface area contributed by atoms with Gasteiger partial charge in [0.2, 0.25) is 0 Å². The molecule has 0 radical (unpaired) electrons. The van der Waals surface area contributed by atoms with Gasteiger partial charge in [0.25, 0.3) is 0 Å². The molecule has 118 valence electrons. The van der Waals surface area contributed by atoms with Gasteiger partial charge in [-0.05, 0) is 85.4 Å². The van der Waals surface area contributed by atoms with Crippen molar-refractivity contribution in [3.05, 3.63) is 12.2 Å². The lowest BCUT2D eigenvalue weighted by molar-refractivity contribution is -0.144. The summed E-state index contributed by atoms with van der Waals surface area (Å²) in [6.45, 7) is 12.3. The molecule has 4 fully saturated rings. The highest BCUT2D eigenvalue weighted by atomic mass is 14.7. The van der Waals surface area contributed by atoms with Crippen molar-refractivity contribution in [2.75, 3.05) is 0 Å². The highest BCUT2D eigenvalue weighted by Gasteiger charge is 2.61. The SMILES string of the molecule is C=C1CCC2C3CCC4(C)CCCCC4(C)C3CCC12C. The average molecular weight is 287 g/mol. The van der Waals surface area contributed by atoms with E-state index in [1.54, 1.807) is 5.57 Å². The van der Waals surface area contributed by atoms with Crippen LogP contribution >= 0.6 is 0 Å². The molecule has 4 saturated carbocycles. The lowest BCUT2D eigenvalue weighted by Gasteiger charge is -2.64. The first-order valence-corrected chi connectivity index (χ1v) is 9.59. The second-order valence-corrected chi connectivity index (χ2v) is 9.70. The summed E-state index contributed by atoms with van der Waals surface area (Å²) in [7, 11) is 0. The fourth-order valence-electron chi connectivity index (χ4n) is 7.51. The Balaban J connectivity index is 1.69. The van der Waals surface area contributed by atoms with Crippen molar-refractivity contribution in [3.63, 3.8) is 0 Å². The van der Waals surface area contributed by atoms with Crippen LogP contribution in [0.5, 0.6) is 0 Å². The molecule has 4 aliphatic carbocycles. The lowest BCUT2D eigenvalue weighted by Crippen LogP contribution is -2.56. The van der Waals surface area contributed by atoms with Crippen molar-refractivity contribution in [2.24, 2.45) is 34.0 Å². The van der Waals surface area contributed by atoms with E-state index in [1.807, 2.05) is 0 Å². The molecular formula is C21H34. The predicted molar refractivity (Wildman–Crippen MR) is 90.1 cm³/mol. The first-order chi connectivity index (χ1) is 9.91. The van der Waals surface area contributed by atoms with E-state index in [9.17, 15) is 0 Å². The molecule has 0 aromatic carbocycles. The van der Waals surface area contributed by atoms with Gasteiger partial charge in [-0.2, -0.15) is 0 Å². The molecule has 6 unspecified atom stereocenters. The number of hydrogen-bond acceptors (Lipinski definition) is 0. The van der Waals surface area contributed by atoms with E-state index in [0.717, 1.165) is 17.8 Å². The first-order valence-electron chi connectivity index (χ1n) is 9.59. The minimum absolute atomic E-state index is 0.500. The zero-order valence-corrected chi connectivity index (χ0v) is 14.5. The smallest absolute Gasteiger partial charge is 0.00879 e. The third-order valence-corrected chi connectivity index (χ3v) is 9.29. The van der Waals surface area contributed by atoms with Gasteiger partial charge in [0.05, 0.1) is 0 Å². The number of allylic oxidation sites excluding steroid dienone is 1. The van der Waals surface area contributed by atoms with E-state index in [0.29, 0.717) is 16.2 Å². The topological polar surface area (TPSA) is 0 Å². The van der Waals surface area contributed by atoms with Gasteiger partial charge in [-0.3, -0.25) is 0 Å². The lowest BCUT2D eigenvalue weighted by atomic mass is 9.41. The van der Waals surface area contributed by atoms with Crippen molar-refractivity contribution in [1.82, 2.24) is 0 Å². The molecule has 21 heavy (non-hydrogen) atoms. The van der Waals surface area contributed by atoms with E-state index in [2.05, 4.69) is 27.4 Å². The van der Waals surface area contributed by atoms with Crippen molar-refractivity contribution in [1.29, 1.82) is 0 Å². The molecule has 0 heteroatoms. The highest BCUT2D eigenvalue weighted by molar-refractivity contribution is 5.22. The molecule has 0 aromatic rings. The van der Waals surface area contributed by atoms with Crippen LogP contribution in [-0.2, 0) is 0 Å². The molecule has 0 bridgehead atoms. The Labute approximate surface area is 131 Å². The Hall–Kier alpha value is -0.260. The second-order valence-electron chi connectivity index (χ2n) is 9.70. The van der Waals surface area contributed by atoms with Gasteiger partial charge in [0.1, 0.15) is 0 Å². The van der Waals surface area contributed by atoms with Crippen molar-refractivity contribution < 1.29 is 0 Å². The molecule has 0 saturated heterocycles. The first kappa shape index (κ1) is 14.3. The molecule has 6 atom stereocenters. The molecule has 0 spiro atoms. The normalized spacial score (nSPS) is 56.5. The summed E-state index contributed by atoms with van der Waals surface area (Å²) >= 11 is 0. The summed E-state index contributed by atoms with van der Waals surface area (Å²) in [5.41, 5.74) is 3.38. The van der Waals surface area contributed by atoms with Crippen LogP contribution in [0.4, 0.5) is 0 Å². The monoisotopic (exact) mass is 286 g/mol. The minimum Gasteiger partial charge on any atom is -0.0993 e. The van der Waals surface area contributed by atoms with Gasteiger partial charge in [-0.25, -0.2) is 0 Å². The summed E-state index contributed by atoms with van der Waals surface area (Å²) in [5.74, 6) is 2.99. The average Bonchev–Trinajstić information content (AvgIpc) is 2.76. The third-order valence-electron chi connectivity index (χ3n) is 9.29. The molecule has 0 aromatic heterocycles. The minimum atomic E-state index is 0.500. The van der Waals surface area contributed by atoms with Gasteiger partial charge < -0.3 is 0 Å². The highest BCUT2D eigenvalue weighted by Crippen LogP contribution is 2.70. The molecule has 0 aliphatic heterocycles. The Morgan fingerprint density at radius 1 is 0.857 bits per heavy atom. The van der Waals surface area contributed by atoms with E-state index < -0.39 is 0 Å². The Bertz CT molecular complexity index is 463. The Morgan fingerprint density at radius 3 is 2.43 bits per heavy atom. The fourth-order valence-corrected chi connectivity index (χ4v) is 7.51. The van der Waals surface area contributed by atoms with Gasteiger partial charge in [-0.15, -0.1) is 0 Å². The predicted octanol–water partition coefficient (Wildman–Crippen LogP) is 6.37. The van der Waals surface area contributed by atoms with Crippen LogP contribution in [0.1, 0.15) is 85.0 Å². The van der Waals surface area contributed by atoms with Crippen molar-refractivity contribution in [2.45, 2.75) is 85.0 Å². The molecular weight excluding hydrogens is 252 g/mol. The van der Waals surface area contributed by atoms with Crippen molar-refractivity contribution in [3.8, 4) is 0 Å². The zero-order chi connectivity index (χ0) is 14.9. The van der Waals surface area contributed by atoms with Crippen LogP contribution in [0.3, 0.4) is 0 Å². The Kier molecular flexibility index (Phi) is 3.00. The van der Waals surface area contributed by atoms with E-state index >= 15 is 0 Å². The van der Waals surface area contributed by atoms with Crippen LogP contribution in [-0.4, -0.2) is 0 Å². The van der Waals surface area contributed by atoms with Crippen LogP contribution in [0.15, 0.2) is 12.2 Å². The van der Waals surface area contributed by atoms with Crippen LogP contribution in [0.25, 0.3) is 0 Å². The summed E-state index contributed by atoms with van der Waals surface area (Å²) in [6, 6.07) is 0. The van der Waals surface area contributed by atoms with Crippen LogP contribution in [0.2, 0.25) is 0 Å². The molecule has 0 heterocycles. The Morgan fingerprint density at radius 2 is 1.62 bits per heavy atom. The van der Waals surface area contributed by atoms with Gasteiger partial charge >= 0.3 is 0 Å². The molecule has 0 N–H and O–H groups in total. The van der Waals surface area contributed by atoms with Gasteiger partial charge in [0.15, 0.2) is 0 Å². The van der Waals surface area contributed by atoms with Gasteiger partial charge in [-0.1, -0.05) is 45.8 Å². The molecule has 4 rings (SSSR count). The van der Waals surface area contributed by atoms with Crippen molar-refractivity contribution >= 4 is 0 Å². The van der Waals surface area contributed by atoms with E-state index in [1.165, 1.54) is 64.2 Å². The zero-order valence-electron chi connectivity index (χ0n) is 14.5. The second kappa shape index (κ2) is 4.39. The maximum Gasteiger partial charge on any atom is -0.00879 e. The largest absolute Gasteiger partial charge is 0.0993 e. The summed E-state index contributed by atoms with van der Waals surface area (Å²) in [5, 5.41) is 0. The maximum absolute atomic E-state index is 4.46. The summed E-state index contributed by atoms with van der Waals surface area (Å²) in [6.07, 6.45) is 14.7. The van der Waals surface area contributed by atoms with Crippen LogP contribution in [0, 0.1) is 34.0 Å². The summed E-state index contributed by atoms with van der Waals surface area (Å²) in [4.78, 5) is 0. The third kappa shape index (κ3) is 1.68. The number of fused-ring (bicyclic) bond motifs is 5. The summed E-state index contributed by atoms with van der Waals surface area (Å²) < 4.78 is 0. The maximum atomic E-state index is 4.46.